The highest BCUT2D eigenvalue weighted by atomic mass is 127. The molecule has 0 spiro atoms. The van der Waals surface area contributed by atoms with E-state index in [0.29, 0.717) is 33.3 Å². The second-order valence-corrected chi connectivity index (χ2v) is 11.3. The first kappa shape index (κ1) is 26.5. The van der Waals surface area contributed by atoms with Crippen LogP contribution in [0.2, 0.25) is 0 Å². The third-order valence-electron chi connectivity index (χ3n) is 5.60. The summed E-state index contributed by atoms with van der Waals surface area (Å²) in [5.41, 5.74) is 1.62. The Morgan fingerprint density at radius 3 is 2.56 bits per heavy atom. The van der Waals surface area contributed by atoms with Crippen LogP contribution in [0.3, 0.4) is 0 Å². The van der Waals surface area contributed by atoms with E-state index in [1.165, 1.54) is 10.6 Å². The molecule has 0 saturated heterocycles. The van der Waals surface area contributed by atoms with E-state index in [4.69, 9.17) is 4.74 Å². The lowest BCUT2D eigenvalue weighted by atomic mass is 9.94. The quantitative estimate of drug-likeness (QED) is 0.184. The molecule has 0 aliphatic carbocycles. The Balaban J connectivity index is 2.00. The summed E-state index contributed by atoms with van der Waals surface area (Å²) in [6, 6.07) is 7.23. The monoisotopic (exact) mass is 731 g/mol. The van der Waals surface area contributed by atoms with Crippen molar-refractivity contribution in [2.75, 3.05) is 6.61 Å². The number of carbonyl (C=O) groups excluding carboxylic acids is 1. The van der Waals surface area contributed by atoms with Gasteiger partial charge in [-0.3, -0.25) is 19.5 Å². The SMILES string of the molecule is CCOC(=O)C1=C(C)N=c2s/c(=C/c3cc(I)c(O)c(I)c3)c(=O)n2[C@@H]1c1ccc(C)c([N+](=O)[O-])c1. The zero-order chi connectivity index (χ0) is 26.3. The van der Waals surface area contributed by atoms with E-state index in [2.05, 4.69) is 4.99 Å². The first-order chi connectivity index (χ1) is 17.0. The van der Waals surface area contributed by atoms with Gasteiger partial charge in [0.1, 0.15) is 5.75 Å². The molecule has 0 radical (unpaired) electrons. The molecule has 1 aliphatic rings. The molecule has 0 bridgehead atoms. The van der Waals surface area contributed by atoms with Crippen molar-refractivity contribution in [3.05, 3.63) is 95.2 Å². The summed E-state index contributed by atoms with van der Waals surface area (Å²) in [6.45, 7) is 5.08. The Labute approximate surface area is 236 Å². The van der Waals surface area contributed by atoms with Gasteiger partial charge in [-0.15, -0.1) is 0 Å². The summed E-state index contributed by atoms with van der Waals surface area (Å²) >= 11 is 5.20. The van der Waals surface area contributed by atoms with Gasteiger partial charge in [0.05, 0.1) is 40.5 Å². The fourth-order valence-corrected chi connectivity index (χ4v) is 6.78. The van der Waals surface area contributed by atoms with Gasteiger partial charge in [0.2, 0.25) is 0 Å². The number of nitrogens with zero attached hydrogens (tertiary/aromatic N) is 3. The summed E-state index contributed by atoms with van der Waals surface area (Å²) in [6.07, 6.45) is 1.70. The number of aryl methyl sites for hydroxylation is 1. The van der Waals surface area contributed by atoms with Crippen LogP contribution in [0.15, 0.2) is 51.4 Å². The minimum Gasteiger partial charge on any atom is -0.506 e. The Bertz CT molecular complexity index is 1620. The number of aromatic nitrogens is 1. The number of phenolic OH excluding ortho intramolecular Hbond substituents is 1. The summed E-state index contributed by atoms with van der Waals surface area (Å²) < 4.78 is 8.31. The van der Waals surface area contributed by atoms with Crippen molar-refractivity contribution < 1.29 is 19.6 Å². The molecule has 1 N–H and O–H groups in total. The van der Waals surface area contributed by atoms with Crippen molar-refractivity contribution in [2.24, 2.45) is 4.99 Å². The van der Waals surface area contributed by atoms with E-state index >= 15 is 0 Å². The van der Waals surface area contributed by atoms with Crippen LogP contribution >= 0.6 is 56.5 Å². The van der Waals surface area contributed by atoms with Crippen LogP contribution in [0, 0.1) is 24.2 Å². The minimum absolute atomic E-state index is 0.110. The van der Waals surface area contributed by atoms with Crippen LogP contribution in [-0.2, 0) is 9.53 Å². The molecule has 0 fully saturated rings. The molecule has 36 heavy (non-hydrogen) atoms. The van der Waals surface area contributed by atoms with E-state index in [1.54, 1.807) is 51.1 Å². The third kappa shape index (κ3) is 4.85. The molecule has 2 aromatic carbocycles. The number of ether oxygens (including phenoxy) is 1. The number of benzene rings is 2. The Morgan fingerprint density at radius 2 is 1.94 bits per heavy atom. The number of nitro benzene ring substituents is 1. The molecule has 9 nitrogen and oxygen atoms in total. The number of hydrogen-bond acceptors (Lipinski definition) is 8. The molecule has 1 aromatic heterocycles. The summed E-state index contributed by atoms with van der Waals surface area (Å²) in [5, 5.41) is 21.7. The van der Waals surface area contributed by atoms with Crippen LogP contribution in [0.5, 0.6) is 5.75 Å². The number of esters is 1. The topological polar surface area (TPSA) is 124 Å². The zero-order valence-corrected chi connectivity index (χ0v) is 24.4. The maximum absolute atomic E-state index is 13.7. The van der Waals surface area contributed by atoms with E-state index in [9.17, 15) is 24.8 Å². The lowest BCUT2D eigenvalue weighted by Gasteiger charge is -2.24. The largest absolute Gasteiger partial charge is 0.506 e. The van der Waals surface area contributed by atoms with Gasteiger partial charge < -0.3 is 9.84 Å². The molecule has 3 aromatic rings. The number of rotatable bonds is 5. The molecule has 186 valence electrons. The predicted octanol–water partition coefficient (Wildman–Crippen LogP) is 3.93. The number of halogens is 2. The van der Waals surface area contributed by atoms with Gasteiger partial charge in [0.15, 0.2) is 4.80 Å². The number of thiazole rings is 1. The van der Waals surface area contributed by atoms with Crippen molar-refractivity contribution in [2.45, 2.75) is 26.8 Å². The second-order valence-electron chi connectivity index (χ2n) is 7.94. The number of carbonyl (C=O) groups is 1. The van der Waals surface area contributed by atoms with E-state index in [-0.39, 0.29) is 29.2 Å². The fourth-order valence-electron chi connectivity index (χ4n) is 3.92. The van der Waals surface area contributed by atoms with Gasteiger partial charge in [0.25, 0.3) is 11.2 Å². The number of aromatic hydroxyl groups is 1. The van der Waals surface area contributed by atoms with Crippen LogP contribution in [0.4, 0.5) is 5.69 Å². The average Bonchev–Trinajstić information content (AvgIpc) is 3.11. The number of phenols is 1. The molecule has 4 rings (SSSR count). The third-order valence-corrected chi connectivity index (χ3v) is 8.23. The Kier molecular flexibility index (Phi) is 7.66. The van der Waals surface area contributed by atoms with Crippen LogP contribution < -0.4 is 14.9 Å². The summed E-state index contributed by atoms with van der Waals surface area (Å²) in [4.78, 5) is 42.7. The molecule has 2 heterocycles. The van der Waals surface area contributed by atoms with Crippen molar-refractivity contribution >= 4 is 74.3 Å². The predicted molar refractivity (Wildman–Crippen MR) is 152 cm³/mol. The van der Waals surface area contributed by atoms with Crippen molar-refractivity contribution in [1.29, 1.82) is 0 Å². The molecular formula is C24H19I2N3O6S. The second kappa shape index (κ2) is 10.4. The van der Waals surface area contributed by atoms with Gasteiger partial charge >= 0.3 is 5.97 Å². The number of fused-ring (bicyclic) bond motifs is 1. The highest BCUT2D eigenvalue weighted by Crippen LogP contribution is 2.33. The van der Waals surface area contributed by atoms with Crippen LogP contribution in [-0.4, -0.2) is 27.2 Å². The smallest absolute Gasteiger partial charge is 0.338 e. The minimum atomic E-state index is -0.943. The van der Waals surface area contributed by atoms with Gasteiger partial charge in [-0.05, 0) is 95.3 Å². The summed E-state index contributed by atoms with van der Waals surface area (Å²) in [5.74, 6) is -0.464. The number of hydrogen-bond donors (Lipinski definition) is 1. The van der Waals surface area contributed by atoms with Crippen molar-refractivity contribution in [3.63, 3.8) is 0 Å². The Hall–Kier alpha value is -2.59. The first-order valence-corrected chi connectivity index (χ1v) is 13.6. The molecular weight excluding hydrogens is 712 g/mol. The molecule has 1 aliphatic heterocycles. The highest BCUT2D eigenvalue weighted by molar-refractivity contribution is 14.1. The van der Waals surface area contributed by atoms with E-state index in [1.807, 2.05) is 45.2 Å². The standard InChI is InChI=1S/C24H19I2N3O6S/c1-4-35-23(32)19-12(3)27-24-28(20(19)14-6-5-11(2)17(10-14)29(33)34)22(31)18(36-24)9-13-7-15(25)21(30)16(26)8-13/h5-10,20,30H,4H2,1-3H3/b18-9+/t20-/m1/s1. The van der Waals surface area contributed by atoms with Crippen molar-refractivity contribution in [1.82, 2.24) is 4.57 Å². The zero-order valence-electron chi connectivity index (χ0n) is 19.2. The van der Waals surface area contributed by atoms with Gasteiger partial charge in [-0.2, -0.15) is 0 Å². The highest BCUT2D eigenvalue weighted by Gasteiger charge is 2.34. The molecule has 0 saturated carbocycles. The number of allylic oxidation sites excluding steroid dienone is 1. The molecule has 1 atom stereocenters. The maximum Gasteiger partial charge on any atom is 0.338 e. The number of nitro groups is 1. The summed E-state index contributed by atoms with van der Waals surface area (Å²) in [7, 11) is 0. The lowest BCUT2D eigenvalue weighted by molar-refractivity contribution is -0.385. The van der Waals surface area contributed by atoms with E-state index in [0.717, 1.165) is 16.9 Å². The van der Waals surface area contributed by atoms with Crippen LogP contribution in [0.1, 0.15) is 36.6 Å². The fraction of sp³-hybridized carbons (Fsp3) is 0.208. The van der Waals surface area contributed by atoms with Crippen molar-refractivity contribution in [3.8, 4) is 5.75 Å². The average molecular weight is 731 g/mol. The molecule has 0 unspecified atom stereocenters. The van der Waals surface area contributed by atoms with E-state index < -0.39 is 16.9 Å². The molecule has 12 heteroatoms. The molecule has 0 amide bonds. The van der Waals surface area contributed by atoms with Gasteiger partial charge in [-0.1, -0.05) is 23.5 Å². The Morgan fingerprint density at radius 1 is 1.28 bits per heavy atom. The van der Waals surface area contributed by atoms with Gasteiger partial charge in [0, 0.05) is 11.6 Å². The van der Waals surface area contributed by atoms with Gasteiger partial charge in [-0.25, -0.2) is 9.79 Å². The first-order valence-electron chi connectivity index (χ1n) is 10.7. The normalized spacial score (nSPS) is 15.5. The maximum atomic E-state index is 13.7. The van der Waals surface area contributed by atoms with Crippen LogP contribution in [0.25, 0.3) is 6.08 Å². The lowest BCUT2D eigenvalue weighted by Crippen LogP contribution is -2.40.